The number of anilines is 1. The van der Waals surface area contributed by atoms with Crippen molar-refractivity contribution in [2.24, 2.45) is 0 Å². The lowest BCUT2D eigenvalue weighted by molar-refractivity contribution is 0.102. The molecule has 0 radical (unpaired) electrons. The number of halogens is 2. The minimum Gasteiger partial charge on any atom is -0.296 e. The standard InChI is InChI=1S/C13H7BrClN3OS/c14-7-1-3-10(16-6-7)12(19)18-13-17-9-4-2-8(15)5-11(9)20-13/h1-6H,(H,17,18,19). The second kappa shape index (κ2) is 5.47. The molecule has 0 aliphatic rings. The van der Waals surface area contributed by atoms with Crippen LogP contribution in [0.2, 0.25) is 5.02 Å². The Morgan fingerprint density at radius 3 is 2.90 bits per heavy atom. The number of amides is 1. The van der Waals surface area contributed by atoms with Gasteiger partial charge in [-0.15, -0.1) is 0 Å². The number of thiazole rings is 1. The van der Waals surface area contributed by atoms with Crippen molar-refractivity contribution < 1.29 is 4.79 Å². The topological polar surface area (TPSA) is 54.9 Å². The summed E-state index contributed by atoms with van der Waals surface area (Å²) < 4.78 is 1.75. The SMILES string of the molecule is O=C(Nc1nc2ccc(Cl)cc2s1)c1ccc(Br)cn1. The number of aromatic nitrogens is 2. The van der Waals surface area contributed by atoms with Crippen LogP contribution in [-0.4, -0.2) is 15.9 Å². The lowest BCUT2D eigenvalue weighted by Crippen LogP contribution is -2.13. The molecule has 0 unspecified atom stereocenters. The van der Waals surface area contributed by atoms with Crippen molar-refractivity contribution in [3.8, 4) is 0 Å². The number of nitrogens with zero attached hydrogens (tertiary/aromatic N) is 2. The van der Waals surface area contributed by atoms with Gasteiger partial charge in [0.1, 0.15) is 5.69 Å². The van der Waals surface area contributed by atoms with E-state index in [0.29, 0.717) is 15.8 Å². The van der Waals surface area contributed by atoms with Gasteiger partial charge < -0.3 is 0 Å². The number of hydrogen-bond acceptors (Lipinski definition) is 4. The Balaban J connectivity index is 1.85. The fourth-order valence-corrected chi connectivity index (χ4v) is 2.99. The van der Waals surface area contributed by atoms with Gasteiger partial charge in [-0.05, 0) is 46.3 Å². The molecule has 3 aromatic rings. The Morgan fingerprint density at radius 1 is 1.30 bits per heavy atom. The predicted octanol–water partition coefficient (Wildman–Crippen LogP) is 4.36. The van der Waals surface area contributed by atoms with Gasteiger partial charge in [-0.1, -0.05) is 22.9 Å². The molecule has 20 heavy (non-hydrogen) atoms. The summed E-state index contributed by atoms with van der Waals surface area (Å²) in [6, 6.07) is 8.82. The molecule has 0 aliphatic carbocycles. The minimum absolute atomic E-state index is 0.289. The second-order valence-electron chi connectivity index (χ2n) is 3.95. The summed E-state index contributed by atoms with van der Waals surface area (Å²) in [6.45, 7) is 0. The number of fused-ring (bicyclic) bond motifs is 1. The molecule has 0 atom stereocenters. The molecule has 0 saturated heterocycles. The highest BCUT2D eigenvalue weighted by atomic mass is 79.9. The minimum atomic E-state index is -0.289. The van der Waals surface area contributed by atoms with Gasteiger partial charge in [0.25, 0.3) is 5.91 Å². The molecule has 0 bridgehead atoms. The van der Waals surface area contributed by atoms with Gasteiger partial charge in [-0.3, -0.25) is 10.1 Å². The molecule has 2 aromatic heterocycles. The molecule has 1 N–H and O–H groups in total. The number of pyridine rings is 1. The third kappa shape index (κ3) is 2.82. The lowest BCUT2D eigenvalue weighted by Gasteiger charge is -2.00. The maximum atomic E-state index is 12.0. The van der Waals surface area contributed by atoms with E-state index >= 15 is 0 Å². The molecule has 0 saturated carbocycles. The van der Waals surface area contributed by atoms with Crippen molar-refractivity contribution in [1.82, 2.24) is 9.97 Å². The number of nitrogens with one attached hydrogen (secondary N) is 1. The van der Waals surface area contributed by atoms with Crippen molar-refractivity contribution in [3.05, 3.63) is 51.7 Å². The highest BCUT2D eigenvalue weighted by Crippen LogP contribution is 2.28. The van der Waals surface area contributed by atoms with E-state index in [0.717, 1.165) is 14.7 Å². The van der Waals surface area contributed by atoms with Gasteiger partial charge >= 0.3 is 0 Å². The van der Waals surface area contributed by atoms with Gasteiger partial charge in [0.15, 0.2) is 5.13 Å². The molecular weight excluding hydrogens is 362 g/mol. The quantitative estimate of drug-likeness (QED) is 0.731. The maximum Gasteiger partial charge on any atom is 0.276 e. The predicted molar refractivity (Wildman–Crippen MR) is 84.5 cm³/mol. The zero-order valence-electron chi connectivity index (χ0n) is 9.93. The molecule has 2 heterocycles. The van der Waals surface area contributed by atoms with E-state index < -0.39 is 0 Å². The number of benzene rings is 1. The molecule has 3 rings (SSSR count). The van der Waals surface area contributed by atoms with E-state index in [-0.39, 0.29) is 5.91 Å². The van der Waals surface area contributed by atoms with Crippen LogP contribution in [0.4, 0.5) is 5.13 Å². The van der Waals surface area contributed by atoms with Crippen LogP contribution in [0, 0.1) is 0 Å². The van der Waals surface area contributed by atoms with Crippen molar-refractivity contribution in [2.75, 3.05) is 5.32 Å². The number of hydrogen-bond donors (Lipinski definition) is 1. The summed E-state index contributed by atoms with van der Waals surface area (Å²) >= 11 is 10.6. The van der Waals surface area contributed by atoms with E-state index in [2.05, 4.69) is 31.2 Å². The summed E-state index contributed by atoms with van der Waals surface area (Å²) in [5.41, 5.74) is 1.14. The fourth-order valence-electron chi connectivity index (χ4n) is 1.62. The Labute approximate surface area is 131 Å². The van der Waals surface area contributed by atoms with Crippen LogP contribution in [0.1, 0.15) is 10.5 Å². The fraction of sp³-hybridized carbons (Fsp3) is 0. The number of carbonyl (C=O) groups excluding carboxylic acids is 1. The summed E-state index contributed by atoms with van der Waals surface area (Å²) in [5.74, 6) is -0.289. The first-order valence-electron chi connectivity index (χ1n) is 5.61. The van der Waals surface area contributed by atoms with Crippen LogP contribution in [0.15, 0.2) is 41.0 Å². The highest BCUT2D eigenvalue weighted by Gasteiger charge is 2.11. The third-order valence-electron chi connectivity index (χ3n) is 2.53. The molecule has 100 valence electrons. The van der Waals surface area contributed by atoms with Gasteiger partial charge in [-0.25, -0.2) is 9.97 Å². The zero-order valence-corrected chi connectivity index (χ0v) is 13.1. The Morgan fingerprint density at radius 2 is 2.15 bits per heavy atom. The van der Waals surface area contributed by atoms with E-state index in [1.807, 2.05) is 12.1 Å². The molecule has 0 fully saturated rings. The summed E-state index contributed by atoms with van der Waals surface area (Å²) in [4.78, 5) is 20.4. The molecule has 0 aliphatic heterocycles. The molecule has 1 amide bonds. The first kappa shape index (κ1) is 13.5. The van der Waals surface area contributed by atoms with E-state index in [1.54, 1.807) is 24.4 Å². The largest absolute Gasteiger partial charge is 0.296 e. The second-order valence-corrected chi connectivity index (χ2v) is 6.33. The summed E-state index contributed by atoms with van der Waals surface area (Å²) in [6.07, 6.45) is 1.58. The Hall–Kier alpha value is -1.50. The van der Waals surface area contributed by atoms with Crippen LogP contribution in [0.25, 0.3) is 10.2 Å². The first-order chi connectivity index (χ1) is 9.61. The molecule has 1 aromatic carbocycles. The lowest BCUT2D eigenvalue weighted by atomic mass is 10.3. The van der Waals surface area contributed by atoms with Crippen LogP contribution in [-0.2, 0) is 0 Å². The average molecular weight is 369 g/mol. The van der Waals surface area contributed by atoms with Crippen LogP contribution < -0.4 is 5.32 Å². The van der Waals surface area contributed by atoms with E-state index in [1.165, 1.54) is 11.3 Å². The van der Waals surface area contributed by atoms with Gasteiger partial charge in [-0.2, -0.15) is 0 Å². The van der Waals surface area contributed by atoms with Crippen LogP contribution in [0.3, 0.4) is 0 Å². The highest BCUT2D eigenvalue weighted by molar-refractivity contribution is 9.10. The summed E-state index contributed by atoms with van der Waals surface area (Å²) in [5, 5.41) is 3.91. The normalized spacial score (nSPS) is 10.7. The van der Waals surface area contributed by atoms with Gasteiger partial charge in [0.2, 0.25) is 0 Å². The van der Waals surface area contributed by atoms with Gasteiger partial charge in [0.05, 0.1) is 10.2 Å². The molecule has 4 nitrogen and oxygen atoms in total. The van der Waals surface area contributed by atoms with Crippen molar-refractivity contribution in [1.29, 1.82) is 0 Å². The molecular formula is C13H7BrClN3OS. The van der Waals surface area contributed by atoms with E-state index in [9.17, 15) is 4.79 Å². The van der Waals surface area contributed by atoms with Crippen LogP contribution >= 0.6 is 38.9 Å². The average Bonchev–Trinajstić information content (AvgIpc) is 2.80. The number of rotatable bonds is 2. The monoisotopic (exact) mass is 367 g/mol. The van der Waals surface area contributed by atoms with E-state index in [4.69, 9.17) is 11.6 Å². The van der Waals surface area contributed by atoms with Crippen molar-refractivity contribution in [3.63, 3.8) is 0 Å². The Bertz CT molecular complexity index is 788. The van der Waals surface area contributed by atoms with Crippen molar-refractivity contribution in [2.45, 2.75) is 0 Å². The van der Waals surface area contributed by atoms with Crippen LogP contribution in [0.5, 0.6) is 0 Å². The summed E-state index contributed by atoms with van der Waals surface area (Å²) in [7, 11) is 0. The Kier molecular flexibility index (Phi) is 3.69. The maximum absolute atomic E-state index is 12.0. The third-order valence-corrected chi connectivity index (χ3v) is 4.17. The molecule has 7 heteroatoms. The number of carbonyl (C=O) groups is 1. The smallest absolute Gasteiger partial charge is 0.276 e. The van der Waals surface area contributed by atoms with Gasteiger partial charge in [0, 0.05) is 15.7 Å². The zero-order chi connectivity index (χ0) is 14.1. The first-order valence-corrected chi connectivity index (χ1v) is 7.59. The molecule has 0 spiro atoms. The van der Waals surface area contributed by atoms with Crippen molar-refractivity contribution >= 4 is 60.1 Å².